The fraction of sp³-hybridized carbons (Fsp3) is 0.174. The van der Waals surface area contributed by atoms with Gasteiger partial charge in [-0.1, -0.05) is 48.9 Å². The van der Waals surface area contributed by atoms with Crippen LogP contribution in [-0.2, 0) is 17.8 Å². The van der Waals surface area contributed by atoms with Gasteiger partial charge in [0.2, 0.25) is 5.91 Å². The number of benzene rings is 2. The number of hydrogen-bond acceptors (Lipinski definition) is 3. The van der Waals surface area contributed by atoms with Gasteiger partial charge in [0.05, 0.1) is 24.0 Å². The highest BCUT2D eigenvalue weighted by Gasteiger charge is 2.16. The molecule has 0 aliphatic rings. The molecule has 2 aromatic carbocycles. The Balaban J connectivity index is 1.63. The fourth-order valence-electron chi connectivity index (χ4n) is 3.29. The summed E-state index contributed by atoms with van der Waals surface area (Å²) in [5.74, 6) is 0.584. The van der Waals surface area contributed by atoms with Crippen LogP contribution in [0.5, 0.6) is 0 Å². The van der Waals surface area contributed by atoms with Gasteiger partial charge < -0.3 is 5.32 Å². The number of carbonyl (C=O) groups is 1. The SMILES string of the molecule is CCCn1nccc1NC(=O)Cc1cn(-c2ccccc2)nc1-c1ccc(Cl)cc1. The minimum atomic E-state index is -0.115. The lowest BCUT2D eigenvalue weighted by Crippen LogP contribution is -2.17. The van der Waals surface area contributed by atoms with Gasteiger partial charge in [0, 0.05) is 35.0 Å². The molecule has 0 bridgehead atoms. The first-order valence-electron chi connectivity index (χ1n) is 9.85. The van der Waals surface area contributed by atoms with Gasteiger partial charge in [-0.3, -0.25) is 4.79 Å². The normalized spacial score (nSPS) is 10.9. The van der Waals surface area contributed by atoms with Gasteiger partial charge in [-0.25, -0.2) is 9.36 Å². The van der Waals surface area contributed by atoms with Crippen LogP contribution in [0.15, 0.2) is 73.1 Å². The molecule has 2 heterocycles. The van der Waals surface area contributed by atoms with E-state index in [1.807, 2.05) is 60.8 Å². The van der Waals surface area contributed by atoms with Gasteiger partial charge >= 0.3 is 0 Å². The third-order valence-electron chi connectivity index (χ3n) is 4.70. The maximum Gasteiger partial charge on any atom is 0.230 e. The molecule has 6 nitrogen and oxygen atoms in total. The number of halogens is 1. The van der Waals surface area contributed by atoms with E-state index in [2.05, 4.69) is 17.3 Å². The van der Waals surface area contributed by atoms with E-state index >= 15 is 0 Å². The van der Waals surface area contributed by atoms with E-state index < -0.39 is 0 Å². The smallest absolute Gasteiger partial charge is 0.230 e. The summed E-state index contributed by atoms with van der Waals surface area (Å²) in [4.78, 5) is 12.8. The molecular weight excluding hydrogens is 398 g/mol. The number of amides is 1. The summed E-state index contributed by atoms with van der Waals surface area (Å²) in [6.45, 7) is 2.83. The molecule has 0 aliphatic heterocycles. The maximum absolute atomic E-state index is 12.8. The number of anilines is 1. The van der Waals surface area contributed by atoms with E-state index in [1.165, 1.54) is 0 Å². The lowest BCUT2D eigenvalue weighted by molar-refractivity contribution is -0.115. The molecule has 0 radical (unpaired) electrons. The molecule has 4 aromatic rings. The van der Waals surface area contributed by atoms with E-state index in [0.717, 1.165) is 35.5 Å². The lowest BCUT2D eigenvalue weighted by Gasteiger charge is -2.08. The van der Waals surface area contributed by atoms with Crippen LogP contribution < -0.4 is 5.32 Å². The van der Waals surface area contributed by atoms with E-state index in [9.17, 15) is 4.79 Å². The zero-order valence-corrected chi connectivity index (χ0v) is 17.4. The Kier molecular flexibility index (Phi) is 5.95. The summed E-state index contributed by atoms with van der Waals surface area (Å²) in [5.41, 5.74) is 3.43. The van der Waals surface area contributed by atoms with Gasteiger partial charge in [0.25, 0.3) is 0 Å². The van der Waals surface area contributed by atoms with Crippen molar-refractivity contribution in [3.05, 3.63) is 83.6 Å². The summed E-state index contributed by atoms with van der Waals surface area (Å²) < 4.78 is 3.60. The Morgan fingerprint density at radius 3 is 2.57 bits per heavy atom. The molecular formula is C23H22ClN5O. The largest absolute Gasteiger partial charge is 0.311 e. The molecule has 0 fully saturated rings. The van der Waals surface area contributed by atoms with Gasteiger partial charge in [-0.15, -0.1) is 0 Å². The van der Waals surface area contributed by atoms with Gasteiger partial charge in [-0.05, 0) is 30.7 Å². The van der Waals surface area contributed by atoms with E-state index in [4.69, 9.17) is 16.7 Å². The Morgan fingerprint density at radius 1 is 1.07 bits per heavy atom. The Labute approximate surface area is 180 Å². The highest BCUT2D eigenvalue weighted by molar-refractivity contribution is 6.30. The Bertz CT molecular complexity index is 1130. The molecule has 4 rings (SSSR count). The molecule has 1 N–H and O–H groups in total. The van der Waals surface area contributed by atoms with Crippen LogP contribution >= 0.6 is 11.6 Å². The number of hydrogen-bond donors (Lipinski definition) is 1. The summed E-state index contributed by atoms with van der Waals surface area (Å²) >= 11 is 6.05. The molecule has 2 aromatic heterocycles. The van der Waals surface area contributed by atoms with E-state index in [1.54, 1.807) is 21.6 Å². The first-order chi connectivity index (χ1) is 14.6. The van der Waals surface area contributed by atoms with Crippen LogP contribution in [-0.4, -0.2) is 25.5 Å². The standard InChI is InChI=1S/C23H22ClN5O/c1-2-14-28-21(12-13-25-28)26-22(30)15-18-16-29(20-6-4-3-5-7-20)27-23(18)17-8-10-19(24)11-9-17/h3-13,16H,2,14-15H2,1H3,(H,26,30). The molecule has 7 heteroatoms. The average molecular weight is 420 g/mol. The number of nitrogens with one attached hydrogen (secondary N) is 1. The van der Waals surface area contributed by atoms with Gasteiger partial charge in [0.1, 0.15) is 5.82 Å². The molecule has 0 aliphatic carbocycles. The van der Waals surface area contributed by atoms with Crippen LogP contribution in [0, 0.1) is 0 Å². The molecule has 30 heavy (non-hydrogen) atoms. The molecule has 0 spiro atoms. The molecule has 152 valence electrons. The molecule has 0 unspecified atom stereocenters. The third kappa shape index (κ3) is 4.44. The van der Waals surface area contributed by atoms with E-state index in [-0.39, 0.29) is 12.3 Å². The maximum atomic E-state index is 12.8. The molecule has 0 saturated heterocycles. The van der Waals surface area contributed by atoms with Crippen LogP contribution in [0.2, 0.25) is 5.02 Å². The van der Waals surface area contributed by atoms with Gasteiger partial charge in [-0.2, -0.15) is 10.2 Å². The second-order valence-corrected chi connectivity index (χ2v) is 7.39. The molecule has 0 atom stereocenters. The Morgan fingerprint density at radius 2 is 1.83 bits per heavy atom. The van der Waals surface area contributed by atoms with Crippen LogP contribution in [0.1, 0.15) is 18.9 Å². The van der Waals surface area contributed by atoms with Crippen LogP contribution in [0.25, 0.3) is 16.9 Å². The zero-order chi connectivity index (χ0) is 20.9. The third-order valence-corrected chi connectivity index (χ3v) is 4.95. The van der Waals surface area contributed by atoms with Crippen molar-refractivity contribution in [1.82, 2.24) is 19.6 Å². The monoisotopic (exact) mass is 419 g/mol. The number of rotatable bonds is 7. The van der Waals surface area contributed by atoms with Crippen molar-refractivity contribution >= 4 is 23.3 Å². The number of aryl methyl sites for hydroxylation is 1. The summed E-state index contributed by atoms with van der Waals surface area (Å²) in [7, 11) is 0. The number of aromatic nitrogens is 4. The Hall–Kier alpha value is -3.38. The summed E-state index contributed by atoms with van der Waals surface area (Å²) in [6, 6.07) is 19.1. The predicted molar refractivity (Wildman–Crippen MR) is 119 cm³/mol. The van der Waals surface area contributed by atoms with Crippen LogP contribution in [0.3, 0.4) is 0 Å². The zero-order valence-electron chi connectivity index (χ0n) is 16.6. The summed E-state index contributed by atoms with van der Waals surface area (Å²) in [6.07, 6.45) is 4.73. The van der Waals surface area contributed by atoms with Crippen molar-refractivity contribution in [2.24, 2.45) is 0 Å². The van der Waals surface area contributed by atoms with Crippen molar-refractivity contribution in [3.63, 3.8) is 0 Å². The summed E-state index contributed by atoms with van der Waals surface area (Å²) in [5, 5.41) is 12.6. The highest BCUT2D eigenvalue weighted by atomic mass is 35.5. The minimum absolute atomic E-state index is 0.115. The quantitative estimate of drug-likeness (QED) is 0.459. The first kappa shape index (κ1) is 19.9. The van der Waals surface area contributed by atoms with Gasteiger partial charge in [0.15, 0.2) is 0 Å². The molecule has 0 saturated carbocycles. The van der Waals surface area contributed by atoms with Crippen molar-refractivity contribution in [2.45, 2.75) is 26.3 Å². The molecule has 1 amide bonds. The van der Waals surface area contributed by atoms with Crippen molar-refractivity contribution in [3.8, 4) is 16.9 Å². The predicted octanol–water partition coefficient (Wildman–Crippen LogP) is 4.98. The fourth-order valence-corrected chi connectivity index (χ4v) is 3.42. The topological polar surface area (TPSA) is 64.7 Å². The number of carbonyl (C=O) groups excluding carboxylic acids is 1. The second kappa shape index (κ2) is 8.97. The second-order valence-electron chi connectivity index (χ2n) is 6.95. The van der Waals surface area contributed by atoms with Crippen molar-refractivity contribution < 1.29 is 4.79 Å². The van der Waals surface area contributed by atoms with Crippen molar-refractivity contribution in [2.75, 3.05) is 5.32 Å². The van der Waals surface area contributed by atoms with Crippen molar-refractivity contribution in [1.29, 1.82) is 0 Å². The lowest BCUT2D eigenvalue weighted by atomic mass is 10.1. The first-order valence-corrected chi connectivity index (χ1v) is 10.2. The minimum Gasteiger partial charge on any atom is -0.311 e. The number of nitrogens with zero attached hydrogens (tertiary/aromatic N) is 4. The highest BCUT2D eigenvalue weighted by Crippen LogP contribution is 2.26. The average Bonchev–Trinajstić information content (AvgIpc) is 3.37. The number of para-hydroxylation sites is 1. The van der Waals surface area contributed by atoms with E-state index in [0.29, 0.717) is 10.8 Å². The van der Waals surface area contributed by atoms with Crippen LogP contribution in [0.4, 0.5) is 5.82 Å².